The molecule has 1 fully saturated rings. The number of aryl methyl sites for hydroxylation is 2. The van der Waals surface area contributed by atoms with Crippen LogP contribution in [-0.2, 0) is 17.8 Å². The van der Waals surface area contributed by atoms with Crippen LogP contribution in [0.4, 0.5) is 5.13 Å². The van der Waals surface area contributed by atoms with E-state index in [0.717, 1.165) is 60.9 Å². The summed E-state index contributed by atoms with van der Waals surface area (Å²) in [4.78, 5) is 20.8. The lowest BCUT2D eigenvalue weighted by atomic mass is 10.0. The van der Waals surface area contributed by atoms with Crippen LogP contribution in [0, 0.1) is 13.8 Å². The van der Waals surface area contributed by atoms with Crippen molar-refractivity contribution in [1.29, 1.82) is 0 Å². The average Bonchev–Trinajstić information content (AvgIpc) is 2.92. The molecule has 2 aromatic carbocycles. The second kappa shape index (κ2) is 8.51. The standard InChI is InChI=1S/C23H27N3O2S/c1-16-4-5-20-21(12-16)29-23(24-20)26-7-3-6-25(8-9-26)15-19-11-17(2)10-18(13-19)14-22(27)28/h4-5,10-13H,3,6-9,14-15H2,1-2H3,(H,27,28). The van der Waals surface area contributed by atoms with Crippen LogP contribution in [0.5, 0.6) is 0 Å². The van der Waals surface area contributed by atoms with E-state index in [1.54, 1.807) is 11.3 Å². The molecular formula is C23H27N3O2S. The van der Waals surface area contributed by atoms with E-state index in [1.165, 1.54) is 15.8 Å². The second-order valence-corrected chi connectivity index (χ2v) is 8.99. The van der Waals surface area contributed by atoms with Gasteiger partial charge in [0.15, 0.2) is 5.13 Å². The van der Waals surface area contributed by atoms with Crippen LogP contribution in [-0.4, -0.2) is 47.1 Å². The third-order valence-corrected chi connectivity index (χ3v) is 6.43. The van der Waals surface area contributed by atoms with E-state index in [2.05, 4.69) is 41.0 Å². The molecule has 0 saturated carbocycles. The first-order chi connectivity index (χ1) is 14.0. The fourth-order valence-corrected chi connectivity index (χ4v) is 5.16. The van der Waals surface area contributed by atoms with Crippen molar-refractivity contribution in [3.05, 3.63) is 58.7 Å². The molecule has 4 rings (SSSR count). The molecule has 29 heavy (non-hydrogen) atoms. The molecule has 1 aromatic heterocycles. The molecule has 1 aliphatic rings. The average molecular weight is 410 g/mol. The van der Waals surface area contributed by atoms with Gasteiger partial charge in [0, 0.05) is 32.7 Å². The van der Waals surface area contributed by atoms with Gasteiger partial charge in [-0.05, 0) is 49.1 Å². The first-order valence-corrected chi connectivity index (χ1v) is 10.9. The van der Waals surface area contributed by atoms with E-state index >= 15 is 0 Å². The van der Waals surface area contributed by atoms with Crippen molar-refractivity contribution in [3.63, 3.8) is 0 Å². The summed E-state index contributed by atoms with van der Waals surface area (Å²) in [6.07, 6.45) is 1.18. The number of aromatic nitrogens is 1. The Morgan fingerprint density at radius 1 is 1.03 bits per heavy atom. The van der Waals surface area contributed by atoms with Gasteiger partial charge in [0.1, 0.15) is 0 Å². The van der Waals surface area contributed by atoms with Gasteiger partial charge < -0.3 is 10.0 Å². The molecule has 0 unspecified atom stereocenters. The molecule has 1 aliphatic heterocycles. The Kier molecular flexibility index (Phi) is 5.83. The van der Waals surface area contributed by atoms with Gasteiger partial charge in [-0.3, -0.25) is 9.69 Å². The van der Waals surface area contributed by atoms with E-state index in [-0.39, 0.29) is 6.42 Å². The van der Waals surface area contributed by atoms with Crippen LogP contribution in [0.25, 0.3) is 10.2 Å². The van der Waals surface area contributed by atoms with Crippen molar-refractivity contribution in [2.45, 2.75) is 33.2 Å². The predicted molar refractivity (Wildman–Crippen MR) is 119 cm³/mol. The normalized spacial score (nSPS) is 15.6. The Bertz CT molecular complexity index is 1030. The van der Waals surface area contributed by atoms with Crippen LogP contribution in [0.2, 0.25) is 0 Å². The second-order valence-electron chi connectivity index (χ2n) is 7.98. The van der Waals surface area contributed by atoms with Crippen LogP contribution in [0.1, 0.15) is 28.7 Å². The molecule has 5 nitrogen and oxygen atoms in total. The van der Waals surface area contributed by atoms with Crippen molar-refractivity contribution in [3.8, 4) is 0 Å². The molecular weight excluding hydrogens is 382 g/mol. The summed E-state index contributed by atoms with van der Waals surface area (Å²) < 4.78 is 1.26. The maximum atomic E-state index is 11.1. The highest BCUT2D eigenvalue weighted by atomic mass is 32.1. The van der Waals surface area contributed by atoms with E-state index in [1.807, 2.05) is 19.1 Å². The molecule has 0 radical (unpaired) electrons. The monoisotopic (exact) mass is 409 g/mol. The molecule has 3 aromatic rings. The molecule has 0 aliphatic carbocycles. The largest absolute Gasteiger partial charge is 0.481 e. The van der Waals surface area contributed by atoms with Crippen molar-refractivity contribution in [1.82, 2.24) is 9.88 Å². The zero-order chi connectivity index (χ0) is 20.4. The highest BCUT2D eigenvalue weighted by molar-refractivity contribution is 7.22. The quantitative estimate of drug-likeness (QED) is 0.683. The molecule has 0 bridgehead atoms. The number of hydrogen-bond donors (Lipinski definition) is 1. The molecule has 152 valence electrons. The van der Waals surface area contributed by atoms with Gasteiger partial charge in [-0.25, -0.2) is 4.98 Å². The van der Waals surface area contributed by atoms with Gasteiger partial charge >= 0.3 is 5.97 Å². The molecule has 0 spiro atoms. The maximum Gasteiger partial charge on any atom is 0.307 e. The number of thiazole rings is 1. The Balaban J connectivity index is 1.43. The Labute approximate surface area is 175 Å². The Morgan fingerprint density at radius 2 is 1.86 bits per heavy atom. The van der Waals surface area contributed by atoms with Crippen LogP contribution < -0.4 is 4.90 Å². The number of fused-ring (bicyclic) bond motifs is 1. The molecule has 0 amide bonds. The minimum Gasteiger partial charge on any atom is -0.481 e. The van der Waals surface area contributed by atoms with E-state index < -0.39 is 5.97 Å². The third-order valence-electron chi connectivity index (χ3n) is 5.35. The fourth-order valence-electron chi connectivity index (χ4n) is 4.05. The summed E-state index contributed by atoms with van der Waals surface area (Å²) in [6.45, 7) is 9.03. The van der Waals surface area contributed by atoms with Gasteiger partial charge in [-0.2, -0.15) is 0 Å². The summed E-state index contributed by atoms with van der Waals surface area (Å²) >= 11 is 1.78. The summed E-state index contributed by atoms with van der Waals surface area (Å²) in [7, 11) is 0. The van der Waals surface area contributed by atoms with Crippen molar-refractivity contribution in [2.75, 3.05) is 31.1 Å². The summed E-state index contributed by atoms with van der Waals surface area (Å²) in [6, 6.07) is 12.6. The number of carbonyl (C=O) groups is 1. The zero-order valence-corrected chi connectivity index (χ0v) is 17.8. The van der Waals surface area contributed by atoms with E-state index in [4.69, 9.17) is 10.1 Å². The van der Waals surface area contributed by atoms with Crippen LogP contribution >= 0.6 is 11.3 Å². The minimum absolute atomic E-state index is 0.0829. The predicted octanol–water partition coefficient (Wildman–Crippen LogP) is 4.25. The number of aliphatic carboxylic acids is 1. The van der Waals surface area contributed by atoms with E-state index in [9.17, 15) is 4.79 Å². The number of carboxylic acids is 1. The lowest BCUT2D eigenvalue weighted by molar-refractivity contribution is -0.136. The lowest BCUT2D eigenvalue weighted by Crippen LogP contribution is -2.30. The molecule has 1 saturated heterocycles. The van der Waals surface area contributed by atoms with Crippen molar-refractivity contribution in [2.24, 2.45) is 0 Å². The highest BCUT2D eigenvalue weighted by Gasteiger charge is 2.18. The summed E-state index contributed by atoms with van der Waals surface area (Å²) in [5, 5.41) is 10.2. The minimum atomic E-state index is -0.780. The van der Waals surface area contributed by atoms with Gasteiger partial charge in [-0.1, -0.05) is 41.2 Å². The van der Waals surface area contributed by atoms with Gasteiger partial charge in [-0.15, -0.1) is 0 Å². The summed E-state index contributed by atoms with van der Waals surface area (Å²) in [5.41, 5.74) is 5.57. The third kappa shape index (κ3) is 4.95. The SMILES string of the molecule is Cc1cc(CC(=O)O)cc(CN2CCCN(c3nc4ccc(C)cc4s3)CC2)c1. The maximum absolute atomic E-state index is 11.1. The van der Waals surface area contributed by atoms with Gasteiger partial charge in [0.05, 0.1) is 16.6 Å². The fraction of sp³-hybridized carbons (Fsp3) is 0.391. The Morgan fingerprint density at radius 3 is 2.69 bits per heavy atom. The van der Waals surface area contributed by atoms with Crippen molar-refractivity contribution < 1.29 is 9.90 Å². The molecule has 0 atom stereocenters. The summed E-state index contributed by atoms with van der Waals surface area (Å²) in [5.74, 6) is -0.780. The Hall–Kier alpha value is -2.44. The van der Waals surface area contributed by atoms with E-state index in [0.29, 0.717) is 0 Å². The highest BCUT2D eigenvalue weighted by Crippen LogP contribution is 2.30. The van der Waals surface area contributed by atoms with Crippen molar-refractivity contribution >= 4 is 32.7 Å². The first-order valence-electron chi connectivity index (χ1n) is 10.1. The molecule has 1 N–H and O–H groups in total. The molecule has 6 heteroatoms. The first kappa shape index (κ1) is 19.9. The number of benzene rings is 2. The van der Waals surface area contributed by atoms with Crippen LogP contribution in [0.15, 0.2) is 36.4 Å². The number of rotatable bonds is 5. The smallest absolute Gasteiger partial charge is 0.307 e. The van der Waals surface area contributed by atoms with Gasteiger partial charge in [0.2, 0.25) is 0 Å². The molecule has 2 heterocycles. The zero-order valence-electron chi connectivity index (χ0n) is 17.0. The van der Waals surface area contributed by atoms with Gasteiger partial charge in [0.25, 0.3) is 0 Å². The van der Waals surface area contributed by atoms with Crippen LogP contribution in [0.3, 0.4) is 0 Å². The number of hydrogen-bond acceptors (Lipinski definition) is 5. The number of carboxylic acid groups (broad SMARTS) is 1. The lowest BCUT2D eigenvalue weighted by Gasteiger charge is -2.22. The number of anilines is 1. The number of nitrogens with zero attached hydrogens (tertiary/aromatic N) is 3. The topological polar surface area (TPSA) is 56.7 Å².